The fraction of sp³-hybridized carbons (Fsp3) is 0.444. The van der Waals surface area contributed by atoms with Gasteiger partial charge in [0.25, 0.3) is 0 Å². The number of rotatable bonds is 2. The molecule has 1 aliphatic heterocycles. The summed E-state index contributed by atoms with van der Waals surface area (Å²) in [6.07, 6.45) is 8.35. The molecule has 0 amide bonds. The molecule has 112 valence electrons. The van der Waals surface area contributed by atoms with Gasteiger partial charge in [-0.25, -0.2) is 4.98 Å². The molecule has 4 heteroatoms. The Morgan fingerprint density at radius 2 is 1.86 bits per heavy atom. The molecule has 1 aliphatic carbocycles. The number of fused-ring (bicyclic) bond motifs is 1. The van der Waals surface area contributed by atoms with Gasteiger partial charge in [0.05, 0.1) is 11.8 Å². The first kappa shape index (κ1) is 13.4. The van der Waals surface area contributed by atoms with Gasteiger partial charge in [0.15, 0.2) is 5.76 Å². The number of anilines is 1. The number of aromatic nitrogens is 1. The quantitative estimate of drug-likeness (QED) is 0.847. The van der Waals surface area contributed by atoms with Gasteiger partial charge in [0, 0.05) is 13.1 Å². The van der Waals surface area contributed by atoms with Crippen molar-refractivity contribution in [3.63, 3.8) is 0 Å². The molecule has 22 heavy (non-hydrogen) atoms. The second-order valence-corrected chi connectivity index (χ2v) is 6.11. The molecule has 0 spiro atoms. The largest absolute Gasteiger partial charge is 0.463 e. The van der Waals surface area contributed by atoms with Crippen LogP contribution in [0.3, 0.4) is 0 Å². The standard InChI is InChI=1S/C18H19N3O/c19-12-15-13-6-1-2-7-14(13)17(16-8-5-11-22-16)20-18(15)21-9-3-4-10-21/h5,8,11H,1-4,6-7,9-10H2. The molecule has 0 N–H and O–H groups in total. The Morgan fingerprint density at radius 1 is 1.09 bits per heavy atom. The van der Waals surface area contributed by atoms with Gasteiger partial charge in [-0.3, -0.25) is 0 Å². The van der Waals surface area contributed by atoms with Crippen LogP contribution in [-0.4, -0.2) is 18.1 Å². The first-order valence-corrected chi connectivity index (χ1v) is 8.13. The molecule has 0 unspecified atom stereocenters. The zero-order valence-corrected chi connectivity index (χ0v) is 12.6. The molecule has 2 aromatic heterocycles. The first-order valence-electron chi connectivity index (χ1n) is 8.13. The first-order chi connectivity index (χ1) is 10.9. The molecule has 3 heterocycles. The normalized spacial score (nSPS) is 17.3. The SMILES string of the molecule is N#Cc1c(N2CCCC2)nc(-c2ccco2)c2c1CCCC2. The van der Waals surface area contributed by atoms with Crippen molar-refractivity contribution in [3.8, 4) is 17.5 Å². The third-order valence-corrected chi connectivity index (χ3v) is 4.77. The minimum Gasteiger partial charge on any atom is -0.463 e. The van der Waals surface area contributed by atoms with E-state index in [1.807, 2.05) is 12.1 Å². The van der Waals surface area contributed by atoms with Crippen LogP contribution in [0, 0.1) is 11.3 Å². The number of furan rings is 1. The van der Waals surface area contributed by atoms with Crippen molar-refractivity contribution in [1.29, 1.82) is 5.26 Å². The highest BCUT2D eigenvalue weighted by atomic mass is 16.3. The van der Waals surface area contributed by atoms with E-state index in [-0.39, 0.29) is 0 Å². The van der Waals surface area contributed by atoms with E-state index in [9.17, 15) is 5.26 Å². The van der Waals surface area contributed by atoms with Gasteiger partial charge in [-0.1, -0.05) is 0 Å². The zero-order valence-electron chi connectivity index (χ0n) is 12.6. The van der Waals surface area contributed by atoms with Gasteiger partial charge in [0.1, 0.15) is 17.6 Å². The van der Waals surface area contributed by atoms with E-state index < -0.39 is 0 Å². The lowest BCUT2D eigenvalue weighted by Gasteiger charge is -2.25. The highest BCUT2D eigenvalue weighted by Gasteiger charge is 2.27. The number of nitrogens with zero attached hydrogens (tertiary/aromatic N) is 3. The summed E-state index contributed by atoms with van der Waals surface area (Å²) in [6, 6.07) is 6.31. The number of hydrogen-bond acceptors (Lipinski definition) is 4. The second kappa shape index (κ2) is 5.49. The average molecular weight is 293 g/mol. The van der Waals surface area contributed by atoms with E-state index in [1.165, 1.54) is 24.0 Å². The topological polar surface area (TPSA) is 53.1 Å². The molecule has 1 fully saturated rings. The molecule has 0 aromatic carbocycles. The Labute approximate surface area is 130 Å². The van der Waals surface area contributed by atoms with Crippen molar-refractivity contribution >= 4 is 5.82 Å². The van der Waals surface area contributed by atoms with Crippen LogP contribution in [0.4, 0.5) is 5.82 Å². The molecule has 0 saturated carbocycles. The molecule has 2 aliphatic rings. The Bertz CT molecular complexity index is 722. The molecule has 4 nitrogen and oxygen atoms in total. The van der Waals surface area contributed by atoms with Crippen LogP contribution in [0.5, 0.6) is 0 Å². The van der Waals surface area contributed by atoms with Crippen LogP contribution < -0.4 is 4.90 Å². The van der Waals surface area contributed by atoms with Gasteiger partial charge < -0.3 is 9.32 Å². The van der Waals surface area contributed by atoms with Crippen molar-refractivity contribution < 1.29 is 4.42 Å². The van der Waals surface area contributed by atoms with E-state index in [2.05, 4.69) is 11.0 Å². The molecule has 0 radical (unpaired) electrons. The highest BCUT2D eigenvalue weighted by Crippen LogP contribution is 2.37. The molecule has 0 bridgehead atoms. The lowest BCUT2D eigenvalue weighted by Crippen LogP contribution is -2.23. The van der Waals surface area contributed by atoms with Crippen LogP contribution >= 0.6 is 0 Å². The van der Waals surface area contributed by atoms with Gasteiger partial charge in [0.2, 0.25) is 0 Å². The van der Waals surface area contributed by atoms with Crippen molar-refractivity contribution in [2.45, 2.75) is 38.5 Å². The molecule has 0 atom stereocenters. The van der Waals surface area contributed by atoms with E-state index in [0.717, 1.165) is 61.6 Å². The fourth-order valence-corrected chi connectivity index (χ4v) is 3.70. The van der Waals surface area contributed by atoms with Crippen molar-refractivity contribution in [2.24, 2.45) is 0 Å². The maximum atomic E-state index is 9.72. The predicted molar refractivity (Wildman–Crippen MR) is 84.7 cm³/mol. The Balaban J connectivity index is 1.95. The molecular formula is C18H19N3O. The second-order valence-electron chi connectivity index (χ2n) is 6.11. The lowest BCUT2D eigenvalue weighted by molar-refractivity contribution is 0.576. The lowest BCUT2D eigenvalue weighted by atomic mass is 9.87. The summed E-state index contributed by atoms with van der Waals surface area (Å²) in [5.74, 6) is 1.69. The zero-order chi connectivity index (χ0) is 14.9. The van der Waals surface area contributed by atoms with Gasteiger partial charge in [-0.15, -0.1) is 0 Å². The van der Waals surface area contributed by atoms with E-state index in [0.29, 0.717) is 0 Å². The summed E-state index contributed by atoms with van der Waals surface area (Å²) < 4.78 is 5.61. The Hall–Kier alpha value is -2.28. The summed E-state index contributed by atoms with van der Waals surface area (Å²) >= 11 is 0. The predicted octanol–water partition coefficient (Wildman–Crippen LogP) is 3.69. The smallest absolute Gasteiger partial charge is 0.152 e. The molecule has 4 rings (SSSR count). The number of nitriles is 1. The monoisotopic (exact) mass is 293 g/mol. The summed E-state index contributed by atoms with van der Waals surface area (Å²) in [5.41, 5.74) is 4.17. The molecular weight excluding hydrogens is 274 g/mol. The number of hydrogen-bond donors (Lipinski definition) is 0. The van der Waals surface area contributed by atoms with Crippen LogP contribution in [0.2, 0.25) is 0 Å². The van der Waals surface area contributed by atoms with Crippen molar-refractivity contribution in [3.05, 3.63) is 35.1 Å². The van der Waals surface area contributed by atoms with Gasteiger partial charge in [-0.05, 0) is 61.8 Å². The highest BCUT2D eigenvalue weighted by molar-refractivity contribution is 5.70. The maximum Gasteiger partial charge on any atom is 0.152 e. The van der Waals surface area contributed by atoms with Gasteiger partial charge >= 0.3 is 0 Å². The van der Waals surface area contributed by atoms with E-state index >= 15 is 0 Å². The third kappa shape index (κ3) is 2.09. The minimum atomic E-state index is 0.798. The number of pyridine rings is 1. The van der Waals surface area contributed by atoms with Crippen LogP contribution in [0.1, 0.15) is 42.4 Å². The average Bonchev–Trinajstić information content (AvgIpc) is 3.26. The van der Waals surface area contributed by atoms with Crippen molar-refractivity contribution in [2.75, 3.05) is 18.0 Å². The maximum absolute atomic E-state index is 9.72. The van der Waals surface area contributed by atoms with Crippen LogP contribution in [0.15, 0.2) is 22.8 Å². The summed E-state index contributed by atoms with van der Waals surface area (Å²) in [7, 11) is 0. The Morgan fingerprint density at radius 3 is 2.55 bits per heavy atom. The van der Waals surface area contributed by atoms with E-state index in [4.69, 9.17) is 9.40 Å². The fourth-order valence-electron chi connectivity index (χ4n) is 3.70. The molecule has 2 aromatic rings. The van der Waals surface area contributed by atoms with Crippen LogP contribution in [0.25, 0.3) is 11.5 Å². The summed E-state index contributed by atoms with van der Waals surface area (Å²) in [5, 5.41) is 9.72. The van der Waals surface area contributed by atoms with Crippen LogP contribution in [-0.2, 0) is 12.8 Å². The summed E-state index contributed by atoms with van der Waals surface area (Å²) in [6.45, 7) is 2.00. The molecule has 1 saturated heterocycles. The summed E-state index contributed by atoms with van der Waals surface area (Å²) in [4.78, 5) is 7.15. The van der Waals surface area contributed by atoms with E-state index in [1.54, 1.807) is 6.26 Å². The minimum absolute atomic E-state index is 0.798. The van der Waals surface area contributed by atoms with Gasteiger partial charge in [-0.2, -0.15) is 5.26 Å². The van der Waals surface area contributed by atoms with Crippen molar-refractivity contribution in [1.82, 2.24) is 4.98 Å². The third-order valence-electron chi connectivity index (χ3n) is 4.77. The Kier molecular flexibility index (Phi) is 3.34.